The van der Waals surface area contributed by atoms with Gasteiger partial charge in [0.1, 0.15) is 0 Å². The summed E-state index contributed by atoms with van der Waals surface area (Å²) in [5, 5.41) is 5.38. The maximum Gasteiger partial charge on any atom is 0.339 e. The molecule has 1 saturated heterocycles. The van der Waals surface area contributed by atoms with Gasteiger partial charge in [0.25, 0.3) is 5.91 Å². The quantitative estimate of drug-likeness (QED) is 0.541. The van der Waals surface area contributed by atoms with Crippen molar-refractivity contribution in [2.24, 2.45) is 0 Å². The lowest BCUT2D eigenvalue weighted by atomic mass is 9.86. The lowest BCUT2D eigenvalue weighted by Gasteiger charge is -2.22. The minimum atomic E-state index is -3.11. The van der Waals surface area contributed by atoms with Crippen LogP contribution in [0.3, 0.4) is 0 Å². The van der Waals surface area contributed by atoms with E-state index in [0.29, 0.717) is 29.3 Å². The molecule has 7 nitrogen and oxygen atoms in total. The number of benzene rings is 1. The number of hydrogen-bond acceptors (Lipinski definition) is 7. The van der Waals surface area contributed by atoms with Gasteiger partial charge in [-0.05, 0) is 60.4 Å². The molecular formula is C25H24N2O5S2. The molecule has 1 N–H and O–H groups in total. The van der Waals surface area contributed by atoms with E-state index in [0.717, 1.165) is 34.5 Å². The number of sulfone groups is 1. The number of hydrogen-bond donors (Lipinski definition) is 1. The van der Waals surface area contributed by atoms with Crippen molar-refractivity contribution in [3.8, 4) is 0 Å². The molecule has 2 aromatic heterocycles. The van der Waals surface area contributed by atoms with E-state index >= 15 is 0 Å². The van der Waals surface area contributed by atoms with Crippen molar-refractivity contribution < 1.29 is 22.7 Å². The largest absolute Gasteiger partial charge is 0.452 e. The van der Waals surface area contributed by atoms with Crippen LogP contribution in [0.15, 0.2) is 41.8 Å². The molecule has 1 atom stereocenters. The number of ether oxygens (including phenoxy) is 1. The summed E-state index contributed by atoms with van der Waals surface area (Å²) in [4.78, 5) is 31.6. The zero-order chi connectivity index (χ0) is 23.7. The van der Waals surface area contributed by atoms with Gasteiger partial charge in [-0.25, -0.2) is 18.2 Å². The lowest BCUT2D eigenvalue weighted by Crippen LogP contribution is -2.38. The van der Waals surface area contributed by atoms with Gasteiger partial charge >= 0.3 is 5.97 Å². The van der Waals surface area contributed by atoms with Crippen molar-refractivity contribution in [2.45, 2.75) is 31.7 Å². The van der Waals surface area contributed by atoms with Crippen molar-refractivity contribution in [2.75, 3.05) is 18.1 Å². The van der Waals surface area contributed by atoms with Crippen LogP contribution >= 0.6 is 11.3 Å². The number of nitrogens with one attached hydrogen (secondary N) is 1. The number of amides is 1. The van der Waals surface area contributed by atoms with Crippen molar-refractivity contribution in [1.29, 1.82) is 0 Å². The molecule has 34 heavy (non-hydrogen) atoms. The molecule has 176 valence electrons. The maximum atomic E-state index is 13.3. The lowest BCUT2D eigenvalue weighted by molar-refractivity contribution is -0.124. The molecule has 9 heteroatoms. The van der Waals surface area contributed by atoms with Gasteiger partial charge in [-0.1, -0.05) is 24.3 Å². The summed E-state index contributed by atoms with van der Waals surface area (Å²) in [6.07, 6.45) is 4.97. The second-order valence-electron chi connectivity index (χ2n) is 8.61. The number of rotatable bonds is 5. The molecule has 0 spiro atoms. The molecule has 3 aromatic rings. The molecule has 0 bridgehead atoms. The Hall–Kier alpha value is -3.04. The molecule has 0 saturated carbocycles. The Balaban J connectivity index is 1.42. The topological polar surface area (TPSA) is 102 Å². The fraction of sp³-hybridized carbons (Fsp3) is 0.320. The minimum absolute atomic E-state index is 0.0637. The number of pyridine rings is 1. The molecule has 3 heterocycles. The number of para-hydroxylation sites is 1. The molecular weight excluding hydrogens is 472 g/mol. The Morgan fingerprint density at radius 2 is 2.03 bits per heavy atom. The van der Waals surface area contributed by atoms with Crippen LogP contribution in [-0.4, -0.2) is 49.4 Å². The third-order valence-electron chi connectivity index (χ3n) is 6.17. The van der Waals surface area contributed by atoms with Crippen LogP contribution in [0.2, 0.25) is 0 Å². The van der Waals surface area contributed by atoms with E-state index in [1.165, 1.54) is 0 Å². The zero-order valence-corrected chi connectivity index (χ0v) is 20.1. The molecule has 1 amide bonds. The number of nitrogens with zero attached hydrogens (tertiary/aromatic N) is 1. The van der Waals surface area contributed by atoms with Gasteiger partial charge in [-0.15, -0.1) is 11.3 Å². The van der Waals surface area contributed by atoms with Crippen LogP contribution in [0, 0.1) is 0 Å². The molecule has 1 aromatic carbocycles. The van der Waals surface area contributed by atoms with E-state index in [4.69, 9.17) is 9.72 Å². The van der Waals surface area contributed by atoms with Gasteiger partial charge in [-0.2, -0.15) is 0 Å². The maximum absolute atomic E-state index is 13.3. The highest BCUT2D eigenvalue weighted by Gasteiger charge is 2.30. The van der Waals surface area contributed by atoms with Crippen molar-refractivity contribution >= 4 is 55.6 Å². The first-order chi connectivity index (χ1) is 16.4. The SMILES string of the molecule is O=C(COC(=O)c1c2c(nc3ccccc13)/C(=C\c1cccs1)CCC2)NC1CCS(=O)(=O)C1. The van der Waals surface area contributed by atoms with E-state index in [9.17, 15) is 18.0 Å². The molecule has 1 unspecified atom stereocenters. The molecule has 0 radical (unpaired) electrons. The van der Waals surface area contributed by atoms with Crippen LogP contribution in [0.4, 0.5) is 0 Å². The Morgan fingerprint density at radius 3 is 2.79 bits per heavy atom. The van der Waals surface area contributed by atoms with Crippen LogP contribution in [0.5, 0.6) is 0 Å². The van der Waals surface area contributed by atoms with Crippen molar-refractivity contribution in [1.82, 2.24) is 10.3 Å². The van der Waals surface area contributed by atoms with Crippen LogP contribution in [-0.2, 0) is 25.8 Å². The summed E-state index contributed by atoms with van der Waals surface area (Å²) in [5.41, 5.74) is 3.90. The van der Waals surface area contributed by atoms with Crippen LogP contribution in [0.25, 0.3) is 22.6 Å². The average molecular weight is 497 g/mol. The number of carbonyl (C=O) groups is 2. The summed E-state index contributed by atoms with van der Waals surface area (Å²) in [6.45, 7) is -0.460. The number of fused-ring (bicyclic) bond motifs is 2. The normalized spacial score (nSPS) is 20.2. The van der Waals surface area contributed by atoms with E-state index in [1.807, 2.05) is 35.7 Å². The number of esters is 1. The number of thiophene rings is 1. The third kappa shape index (κ3) is 4.76. The first kappa shape index (κ1) is 22.7. The van der Waals surface area contributed by atoms with Gasteiger partial charge < -0.3 is 10.1 Å². The van der Waals surface area contributed by atoms with E-state index in [-0.39, 0.29) is 11.5 Å². The van der Waals surface area contributed by atoms with Gasteiger partial charge in [0, 0.05) is 16.3 Å². The van der Waals surface area contributed by atoms with Gasteiger partial charge in [0.15, 0.2) is 16.4 Å². The molecule has 2 aliphatic rings. The van der Waals surface area contributed by atoms with E-state index in [1.54, 1.807) is 11.3 Å². The fourth-order valence-electron chi connectivity index (χ4n) is 4.63. The first-order valence-electron chi connectivity index (χ1n) is 11.2. The highest BCUT2D eigenvalue weighted by molar-refractivity contribution is 7.91. The summed E-state index contributed by atoms with van der Waals surface area (Å²) in [6, 6.07) is 11.1. The number of allylic oxidation sites excluding steroid dienone is 1. The molecule has 5 rings (SSSR count). The second-order valence-corrected chi connectivity index (χ2v) is 11.8. The Bertz CT molecular complexity index is 1390. The molecule has 1 aliphatic heterocycles. The van der Waals surface area contributed by atoms with Gasteiger partial charge in [0.05, 0.1) is 28.3 Å². The monoisotopic (exact) mass is 496 g/mol. The van der Waals surface area contributed by atoms with Crippen LogP contribution < -0.4 is 5.32 Å². The predicted molar refractivity (Wildman–Crippen MR) is 132 cm³/mol. The van der Waals surface area contributed by atoms with Crippen LogP contribution in [0.1, 0.15) is 45.8 Å². The number of aromatic nitrogens is 1. The van der Waals surface area contributed by atoms with Crippen molar-refractivity contribution in [3.05, 3.63) is 63.5 Å². The van der Waals surface area contributed by atoms with Gasteiger partial charge in [0.2, 0.25) is 0 Å². The summed E-state index contributed by atoms with van der Waals surface area (Å²) < 4.78 is 28.7. The Labute approximate surface area is 201 Å². The van der Waals surface area contributed by atoms with Gasteiger partial charge in [-0.3, -0.25) is 4.79 Å². The first-order valence-corrected chi connectivity index (χ1v) is 13.9. The zero-order valence-electron chi connectivity index (χ0n) is 18.5. The second kappa shape index (κ2) is 9.31. The third-order valence-corrected chi connectivity index (χ3v) is 8.75. The Morgan fingerprint density at radius 1 is 1.18 bits per heavy atom. The average Bonchev–Trinajstić information content (AvgIpc) is 3.45. The summed E-state index contributed by atoms with van der Waals surface area (Å²) in [7, 11) is -3.11. The summed E-state index contributed by atoms with van der Waals surface area (Å²) in [5.74, 6) is -1.08. The van der Waals surface area contributed by atoms with E-state index in [2.05, 4.69) is 17.5 Å². The summed E-state index contributed by atoms with van der Waals surface area (Å²) >= 11 is 1.65. The highest BCUT2D eigenvalue weighted by Crippen LogP contribution is 2.36. The van der Waals surface area contributed by atoms with Crippen molar-refractivity contribution in [3.63, 3.8) is 0 Å². The standard InChI is InChI=1S/C25H24N2O5S2/c28-22(26-17-10-12-34(30,31)15-17)14-32-25(29)23-19-7-1-2-9-21(19)27-24-16(5-3-8-20(23)24)13-18-6-4-11-33-18/h1-2,4,6-7,9,11,13,17H,3,5,8,10,12,14-15H2,(H,26,28)/b16-13-. The molecule has 1 aliphatic carbocycles. The highest BCUT2D eigenvalue weighted by atomic mass is 32.2. The predicted octanol–water partition coefficient (Wildman–Crippen LogP) is 3.63. The Kier molecular flexibility index (Phi) is 6.22. The minimum Gasteiger partial charge on any atom is -0.452 e. The van der Waals surface area contributed by atoms with E-state index < -0.39 is 34.4 Å². The molecule has 1 fully saturated rings. The fourth-order valence-corrected chi connectivity index (χ4v) is 6.99. The smallest absolute Gasteiger partial charge is 0.339 e. The number of carbonyl (C=O) groups excluding carboxylic acids is 2.